The summed E-state index contributed by atoms with van der Waals surface area (Å²) in [7, 11) is 3.14. The number of rotatable bonds is 7. The molecule has 2 N–H and O–H groups in total. The zero-order chi connectivity index (χ0) is 20.8. The molecule has 1 heterocycles. The number of pyridine rings is 1. The predicted octanol–water partition coefficient (Wildman–Crippen LogP) is 4.24. The topological polar surface area (TPSA) is 72.5 Å². The molecule has 0 atom stereocenters. The van der Waals surface area contributed by atoms with Crippen LogP contribution in [0.5, 0.6) is 11.5 Å². The van der Waals surface area contributed by atoms with E-state index in [1.54, 1.807) is 26.4 Å². The van der Waals surface area contributed by atoms with Crippen molar-refractivity contribution in [1.82, 2.24) is 4.98 Å². The number of hydrogen-bond acceptors (Lipinski definition) is 5. The van der Waals surface area contributed by atoms with E-state index in [9.17, 15) is 13.6 Å². The van der Waals surface area contributed by atoms with Crippen molar-refractivity contribution in [3.05, 3.63) is 77.5 Å². The second kappa shape index (κ2) is 9.01. The summed E-state index contributed by atoms with van der Waals surface area (Å²) in [4.78, 5) is 16.4. The highest BCUT2D eigenvalue weighted by molar-refractivity contribution is 6.04. The van der Waals surface area contributed by atoms with Crippen molar-refractivity contribution in [3.63, 3.8) is 0 Å². The van der Waals surface area contributed by atoms with Gasteiger partial charge in [0.05, 0.1) is 19.8 Å². The van der Waals surface area contributed by atoms with Crippen LogP contribution >= 0.6 is 0 Å². The lowest BCUT2D eigenvalue weighted by molar-refractivity contribution is 0.102. The van der Waals surface area contributed by atoms with Gasteiger partial charge in [0.25, 0.3) is 5.91 Å². The molecule has 0 aliphatic carbocycles. The van der Waals surface area contributed by atoms with Crippen molar-refractivity contribution in [2.45, 2.75) is 6.54 Å². The van der Waals surface area contributed by atoms with Gasteiger partial charge in [-0.25, -0.2) is 13.8 Å². The molecular formula is C21H19F2N3O3. The summed E-state index contributed by atoms with van der Waals surface area (Å²) in [5, 5.41) is 5.64. The molecular weight excluding hydrogens is 380 g/mol. The monoisotopic (exact) mass is 399 g/mol. The van der Waals surface area contributed by atoms with Crippen molar-refractivity contribution >= 4 is 17.4 Å². The van der Waals surface area contributed by atoms with Crippen LogP contribution in [0.25, 0.3) is 0 Å². The number of methoxy groups -OCH3 is 2. The molecule has 2 aromatic carbocycles. The first kappa shape index (κ1) is 20.1. The SMILES string of the molecule is COc1ccc(CNc2ccc(C(=O)Nc3ccc(F)c(F)c3)cn2)cc1OC. The molecule has 0 aliphatic rings. The van der Waals surface area contributed by atoms with E-state index in [-0.39, 0.29) is 11.3 Å². The van der Waals surface area contributed by atoms with Crippen LogP contribution in [0, 0.1) is 11.6 Å². The molecule has 0 saturated heterocycles. The Morgan fingerprint density at radius 3 is 2.41 bits per heavy atom. The first-order valence-corrected chi connectivity index (χ1v) is 8.67. The molecule has 0 spiro atoms. The maximum Gasteiger partial charge on any atom is 0.257 e. The smallest absolute Gasteiger partial charge is 0.257 e. The maximum atomic E-state index is 13.2. The standard InChI is InChI=1S/C21H19F2N3O3/c1-28-18-7-3-13(9-19(18)29-2)11-24-20-8-4-14(12-25-20)21(27)26-15-5-6-16(22)17(23)10-15/h3-10,12H,11H2,1-2H3,(H,24,25)(H,26,27). The number of benzene rings is 2. The minimum atomic E-state index is -1.03. The first-order valence-electron chi connectivity index (χ1n) is 8.67. The van der Waals surface area contributed by atoms with Gasteiger partial charge in [0.1, 0.15) is 5.82 Å². The zero-order valence-electron chi connectivity index (χ0n) is 15.8. The summed E-state index contributed by atoms with van der Waals surface area (Å²) >= 11 is 0. The first-order chi connectivity index (χ1) is 14.0. The van der Waals surface area contributed by atoms with Gasteiger partial charge in [-0.1, -0.05) is 6.07 Å². The van der Waals surface area contributed by atoms with Crippen LogP contribution < -0.4 is 20.1 Å². The van der Waals surface area contributed by atoms with Crippen LogP contribution in [0.1, 0.15) is 15.9 Å². The average molecular weight is 399 g/mol. The number of anilines is 2. The lowest BCUT2D eigenvalue weighted by Gasteiger charge is -2.11. The van der Waals surface area contributed by atoms with Gasteiger partial charge in [-0.2, -0.15) is 0 Å². The fraction of sp³-hybridized carbons (Fsp3) is 0.143. The fourth-order valence-electron chi connectivity index (χ4n) is 2.59. The van der Waals surface area contributed by atoms with Gasteiger partial charge in [0.15, 0.2) is 23.1 Å². The second-order valence-corrected chi connectivity index (χ2v) is 6.06. The Morgan fingerprint density at radius 2 is 1.76 bits per heavy atom. The number of hydrogen-bond donors (Lipinski definition) is 2. The van der Waals surface area contributed by atoms with Crippen LogP contribution in [0.4, 0.5) is 20.3 Å². The van der Waals surface area contributed by atoms with Crippen LogP contribution in [0.3, 0.4) is 0 Å². The van der Waals surface area contributed by atoms with E-state index < -0.39 is 17.5 Å². The van der Waals surface area contributed by atoms with Gasteiger partial charge in [-0.3, -0.25) is 4.79 Å². The third-order valence-corrected chi connectivity index (χ3v) is 4.12. The average Bonchev–Trinajstić information content (AvgIpc) is 2.75. The Labute approximate surface area is 166 Å². The quantitative estimate of drug-likeness (QED) is 0.622. The number of halogens is 2. The molecule has 1 aromatic heterocycles. The van der Waals surface area contributed by atoms with Crippen molar-refractivity contribution in [2.75, 3.05) is 24.9 Å². The van der Waals surface area contributed by atoms with Crippen LogP contribution in [0.2, 0.25) is 0 Å². The van der Waals surface area contributed by atoms with E-state index in [2.05, 4.69) is 15.6 Å². The molecule has 29 heavy (non-hydrogen) atoms. The predicted molar refractivity (Wildman–Crippen MR) is 105 cm³/mol. The van der Waals surface area contributed by atoms with Gasteiger partial charge in [-0.05, 0) is 42.0 Å². The number of amides is 1. The van der Waals surface area contributed by atoms with Crippen LogP contribution in [0.15, 0.2) is 54.7 Å². The number of nitrogens with zero attached hydrogens (tertiary/aromatic N) is 1. The molecule has 0 aliphatic heterocycles. The van der Waals surface area contributed by atoms with Gasteiger partial charge in [0, 0.05) is 24.5 Å². The molecule has 0 unspecified atom stereocenters. The summed E-state index contributed by atoms with van der Waals surface area (Å²) < 4.78 is 36.7. The van der Waals surface area contributed by atoms with Crippen molar-refractivity contribution in [3.8, 4) is 11.5 Å². The largest absolute Gasteiger partial charge is 0.493 e. The highest BCUT2D eigenvalue weighted by atomic mass is 19.2. The number of carbonyl (C=O) groups is 1. The van der Waals surface area contributed by atoms with E-state index in [0.717, 1.165) is 17.7 Å². The number of carbonyl (C=O) groups excluding carboxylic acids is 1. The van der Waals surface area contributed by atoms with E-state index in [4.69, 9.17) is 9.47 Å². The second-order valence-electron chi connectivity index (χ2n) is 6.06. The fourth-order valence-corrected chi connectivity index (χ4v) is 2.59. The molecule has 0 radical (unpaired) electrons. The Morgan fingerprint density at radius 1 is 0.966 bits per heavy atom. The Kier molecular flexibility index (Phi) is 6.23. The summed E-state index contributed by atoms with van der Waals surface area (Å²) in [6.07, 6.45) is 1.39. The van der Waals surface area contributed by atoms with Gasteiger partial charge in [-0.15, -0.1) is 0 Å². The van der Waals surface area contributed by atoms with Gasteiger partial charge >= 0.3 is 0 Å². The molecule has 6 nitrogen and oxygen atoms in total. The molecule has 8 heteroatoms. The van der Waals surface area contributed by atoms with Gasteiger partial charge in [0.2, 0.25) is 0 Å². The molecule has 0 bridgehead atoms. The summed E-state index contributed by atoms with van der Waals surface area (Å²) in [5.74, 6) is -0.640. The Bertz CT molecular complexity index is 1010. The van der Waals surface area contributed by atoms with Crippen LogP contribution in [-0.2, 0) is 6.54 Å². The molecule has 3 rings (SSSR count). The number of nitrogens with one attached hydrogen (secondary N) is 2. The third-order valence-electron chi connectivity index (χ3n) is 4.12. The number of ether oxygens (including phenoxy) is 2. The highest BCUT2D eigenvalue weighted by Crippen LogP contribution is 2.27. The lowest BCUT2D eigenvalue weighted by atomic mass is 10.2. The van der Waals surface area contributed by atoms with Gasteiger partial charge < -0.3 is 20.1 Å². The van der Waals surface area contributed by atoms with E-state index in [1.165, 1.54) is 12.3 Å². The molecule has 150 valence electrons. The van der Waals surface area contributed by atoms with Crippen molar-refractivity contribution in [1.29, 1.82) is 0 Å². The normalized spacial score (nSPS) is 10.3. The minimum Gasteiger partial charge on any atom is -0.493 e. The van der Waals surface area contributed by atoms with E-state index >= 15 is 0 Å². The van der Waals surface area contributed by atoms with Crippen LogP contribution in [-0.4, -0.2) is 25.1 Å². The maximum absolute atomic E-state index is 13.2. The van der Waals surface area contributed by atoms with E-state index in [0.29, 0.717) is 23.9 Å². The zero-order valence-corrected chi connectivity index (χ0v) is 15.8. The Balaban J connectivity index is 1.61. The molecule has 0 fully saturated rings. The van der Waals surface area contributed by atoms with E-state index in [1.807, 2.05) is 18.2 Å². The highest BCUT2D eigenvalue weighted by Gasteiger charge is 2.10. The number of aromatic nitrogens is 1. The molecule has 1 amide bonds. The third kappa shape index (κ3) is 4.98. The lowest BCUT2D eigenvalue weighted by Crippen LogP contribution is -2.13. The van der Waals surface area contributed by atoms with Crippen molar-refractivity contribution < 1.29 is 23.0 Å². The summed E-state index contributed by atoms with van der Waals surface area (Å²) in [6, 6.07) is 12.0. The summed E-state index contributed by atoms with van der Waals surface area (Å²) in [5.41, 5.74) is 1.40. The Hall–Kier alpha value is -3.68. The minimum absolute atomic E-state index is 0.157. The molecule has 0 saturated carbocycles. The van der Waals surface area contributed by atoms with Crippen molar-refractivity contribution in [2.24, 2.45) is 0 Å². The molecule has 3 aromatic rings. The summed E-state index contributed by atoms with van der Waals surface area (Å²) in [6.45, 7) is 0.494.